The molecule has 1 aromatic rings. The van der Waals surface area contributed by atoms with Crippen LogP contribution in [-0.4, -0.2) is 24.9 Å². The molecule has 1 aliphatic rings. The molecule has 1 atom stereocenters. The summed E-state index contributed by atoms with van der Waals surface area (Å²) in [4.78, 5) is 0. The summed E-state index contributed by atoms with van der Waals surface area (Å²) in [7, 11) is 0. The van der Waals surface area contributed by atoms with Crippen LogP contribution in [0.3, 0.4) is 0 Å². The fourth-order valence-corrected chi connectivity index (χ4v) is 2.44. The number of nitrogens with one attached hydrogen (secondary N) is 1. The summed E-state index contributed by atoms with van der Waals surface area (Å²) in [6, 6.07) is 8.63. The Kier molecular flexibility index (Phi) is 4.83. The molecule has 0 saturated heterocycles. The number of hydrogen-bond donors (Lipinski definition) is 2. The van der Waals surface area contributed by atoms with Crippen molar-refractivity contribution in [2.75, 3.05) is 19.8 Å². The standard InChI is InChI=1S/C16H25NO2/c1-3-19-15-6-4-14(5-7-15)13(2)17-12-16(8-9-16)10-11-18/h4-7,13,17-18H,3,8-12H2,1-2H3. The monoisotopic (exact) mass is 263 g/mol. The van der Waals surface area contributed by atoms with E-state index in [4.69, 9.17) is 9.84 Å². The lowest BCUT2D eigenvalue weighted by atomic mass is 10.0. The number of aliphatic hydroxyl groups excluding tert-OH is 1. The second-order valence-electron chi connectivity index (χ2n) is 5.58. The molecule has 3 heteroatoms. The van der Waals surface area contributed by atoms with E-state index in [0.29, 0.717) is 24.7 Å². The zero-order valence-electron chi connectivity index (χ0n) is 12.0. The molecule has 0 bridgehead atoms. The quantitative estimate of drug-likeness (QED) is 0.758. The highest BCUT2D eigenvalue weighted by atomic mass is 16.5. The van der Waals surface area contributed by atoms with E-state index in [-0.39, 0.29) is 0 Å². The Morgan fingerprint density at radius 1 is 1.32 bits per heavy atom. The van der Waals surface area contributed by atoms with Crippen molar-refractivity contribution in [2.45, 2.75) is 39.2 Å². The van der Waals surface area contributed by atoms with Crippen molar-refractivity contribution in [3.63, 3.8) is 0 Å². The lowest BCUT2D eigenvalue weighted by Gasteiger charge is -2.20. The number of hydrogen-bond acceptors (Lipinski definition) is 3. The van der Waals surface area contributed by atoms with Crippen molar-refractivity contribution >= 4 is 0 Å². The maximum Gasteiger partial charge on any atom is 0.119 e. The highest BCUT2D eigenvalue weighted by Crippen LogP contribution is 2.48. The molecule has 0 heterocycles. The van der Waals surface area contributed by atoms with Crippen LogP contribution in [0, 0.1) is 5.41 Å². The molecule has 1 saturated carbocycles. The van der Waals surface area contributed by atoms with Gasteiger partial charge in [0.05, 0.1) is 6.61 Å². The first-order valence-corrected chi connectivity index (χ1v) is 7.26. The van der Waals surface area contributed by atoms with Crippen LogP contribution < -0.4 is 10.1 Å². The summed E-state index contributed by atoms with van der Waals surface area (Å²) < 4.78 is 5.45. The molecule has 19 heavy (non-hydrogen) atoms. The molecule has 0 aromatic heterocycles. The van der Waals surface area contributed by atoms with Gasteiger partial charge in [-0.2, -0.15) is 0 Å². The maximum atomic E-state index is 9.06. The SMILES string of the molecule is CCOc1ccc(C(C)NCC2(CCO)CC2)cc1. The zero-order chi connectivity index (χ0) is 13.7. The third-order valence-electron chi connectivity index (χ3n) is 4.07. The number of rotatable bonds is 8. The summed E-state index contributed by atoms with van der Waals surface area (Å²) >= 11 is 0. The molecule has 1 unspecified atom stereocenters. The first kappa shape index (κ1) is 14.4. The van der Waals surface area contributed by atoms with Crippen molar-refractivity contribution in [1.82, 2.24) is 5.32 Å². The molecule has 0 spiro atoms. The lowest BCUT2D eigenvalue weighted by molar-refractivity contribution is 0.243. The first-order valence-electron chi connectivity index (χ1n) is 7.26. The van der Waals surface area contributed by atoms with Gasteiger partial charge in [-0.3, -0.25) is 0 Å². The van der Waals surface area contributed by atoms with E-state index in [0.717, 1.165) is 18.7 Å². The van der Waals surface area contributed by atoms with Crippen LogP contribution in [0.2, 0.25) is 0 Å². The Morgan fingerprint density at radius 3 is 2.53 bits per heavy atom. The molecule has 106 valence electrons. The van der Waals surface area contributed by atoms with Crippen LogP contribution in [0.4, 0.5) is 0 Å². The van der Waals surface area contributed by atoms with Crippen molar-refractivity contribution in [3.05, 3.63) is 29.8 Å². The number of benzene rings is 1. The molecule has 1 aromatic carbocycles. The Balaban J connectivity index is 1.84. The van der Waals surface area contributed by atoms with Crippen LogP contribution in [-0.2, 0) is 0 Å². The van der Waals surface area contributed by atoms with Gasteiger partial charge < -0.3 is 15.2 Å². The van der Waals surface area contributed by atoms with Crippen LogP contribution in [0.25, 0.3) is 0 Å². The minimum atomic E-state index is 0.305. The summed E-state index contributed by atoms with van der Waals surface area (Å²) in [6.45, 7) is 6.19. The Labute approximate surface area is 116 Å². The van der Waals surface area contributed by atoms with E-state index in [2.05, 4.69) is 24.4 Å². The molecule has 2 rings (SSSR count). The molecule has 1 aliphatic carbocycles. The molecular formula is C16H25NO2. The Bertz CT molecular complexity index is 384. The van der Waals surface area contributed by atoms with Gasteiger partial charge in [-0.15, -0.1) is 0 Å². The third kappa shape index (κ3) is 3.95. The predicted molar refractivity (Wildman–Crippen MR) is 77.4 cm³/mol. The minimum absolute atomic E-state index is 0.305. The smallest absolute Gasteiger partial charge is 0.119 e. The van der Waals surface area contributed by atoms with Crippen molar-refractivity contribution in [3.8, 4) is 5.75 Å². The molecule has 0 amide bonds. The van der Waals surface area contributed by atoms with E-state index in [1.54, 1.807) is 0 Å². The second kappa shape index (κ2) is 6.40. The Morgan fingerprint density at radius 2 is 2.00 bits per heavy atom. The van der Waals surface area contributed by atoms with Crippen LogP contribution >= 0.6 is 0 Å². The molecule has 1 fully saturated rings. The minimum Gasteiger partial charge on any atom is -0.494 e. The van der Waals surface area contributed by atoms with E-state index in [1.807, 2.05) is 19.1 Å². The molecule has 0 aliphatic heterocycles. The molecule has 2 N–H and O–H groups in total. The van der Waals surface area contributed by atoms with Crippen molar-refractivity contribution < 1.29 is 9.84 Å². The zero-order valence-corrected chi connectivity index (χ0v) is 12.0. The summed E-state index contributed by atoms with van der Waals surface area (Å²) in [5.41, 5.74) is 1.65. The highest BCUT2D eigenvalue weighted by Gasteiger charge is 2.41. The van der Waals surface area contributed by atoms with Gasteiger partial charge in [0.2, 0.25) is 0 Å². The lowest BCUT2D eigenvalue weighted by Crippen LogP contribution is -2.27. The normalized spacial score (nSPS) is 18.1. The van der Waals surface area contributed by atoms with Gasteiger partial charge >= 0.3 is 0 Å². The Hall–Kier alpha value is -1.06. The highest BCUT2D eigenvalue weighted by molar-refractivity contribution is 5.29. The van der Waals surface area contributed by atoms with E-state index >= 15 is 0 Å². The fraction of sp³-hybridized carbons (Fsp3) is 0.625. The van der Waals surface area contributed by atoms with Gasteiger partial charge in [-0.1, -0.05) is 12.1 Å². The topological polar surface area (TPSA) is 41.5 Å². The van der Waals surface area contributed by atoms with Gasteiger partial charge in [-0.05, 0) is 56.2 Å². The third-order valence-corrected chi connectivity index (χ3v) is 4.07. The van der Waals surface area contributed by atoms with Gasteiger partial charge in [0, 0.05) is 19.2 Å². The first-order chi connectivity index (χ1) is 9.19. The molecule has 0 radical (unpaired) electrons. The second-order valence-corrected chi connectivity index (χ2v) is 5.58. The molecular weight excluding hydrogens is 238 g/mol. The van der Waals surface area contributed by atoms with Crippen LogP contribution in [0.5, 0.6) is 5.75 Å². The van der Waals surface area contributed by atoms with E-state index in [1.165, 1.54) is 18.4 Å². The fourth-order valence-electron chi connectivity index (χ4n) is 2.44. The summed E-state index contributed by atoms with van der Waals surface area (Å²) in [5.74, 6) is 0.928. The van der Waals surface area contributed by atoms with E-state index < -0.39 is 0 Å². The van der Waals surface area contributed by atoms with Crippen LogP contribution in [0.1, 0.15) is 44.7 Å². The van der Waals surface area contributed by atoms with Crippen molar-refractivity contribution in [2.24, 2.45) is 5.41 Å². The number of ether oxygens (including phenoxy) is 1. The average Bonchev–Trinajstić information content (AvgIpc) is 3.18. The number of aliphatic hydroxyl groups is 1. The van der Waals surface area contributed by atoms with Gasteiger partial charge in [0.15, 0.2) is 0 Å². The van der Waals surface area contributed by atoms with Crippen molar-refractivity contribution in [1.29, 1.82) is 0 Å². The van der Waals surface area contributed by atoms with E-state index in [9.17, 15) is 0 Å². The predicted octanol–water partition coefficient (Wildman–Crippen LogP) is 2.90. The van der Waals surface area contributed by atoms with Crippen LogP contribution in [0.15, 0.2) is 24.3 Å². The summed E-state index contributed by atoms with van der Waals surface area (Å²) in [6.07, 6.45) is 3.42. The molecule has 3 nitrogen and oxygen atoms in total. The van der Waals surface area contributed by atoms with Gasteiger partial charge in [-0.25, -0.2) is 0 Å². The summed E-state index contributed by atoms with van der Waals surface area (Å²) in [5, 5.41) is 12.6. The maximum absolute atomic E-state index is 9.06. The van der Waals surface area contributed by atoms with Gasteiger partial charge in [0.25, 0.3) is 0 Å². The average molecular weight is 263 g/mol. The van der Waals surface area contributed by atoms with Gasteiger partial charge in [0.1, 0.15) is 5.75 Å². The largest absolute Gasteiger partial charge is 0.494 e.